The molecule has 0 fully saturated rings. The van der Waals surface area contributed by atoms with Gasteiger partial charge < -0.3 is 9.80 Å². The number of rotatable bonds is 6. The summed E-state index contributed by atoms with van der Waals surface area (Å²) in [5.41, 5.74) is 1.09. The molecule has 90 valence electrons. The zero-order chi connectivity index (χ0) is 12.0. The smallest absolute Gasteiger partial charge is 0.132 e. The van der Waals surface area contributed by atoms with Crippen LogP contribution in [0.15, 0.2) is 18.3 Å². The number of pyridine rings is 1. The first-order chi connectivity index (χ1) is 7.65. The molecule has 1 aromatic rings. The van der Waals surface area contributed by atoms with Gasteiger partial charge in [0.1, 0.15) is 5.82 Å². The molecule has 1 aromatic heterocycles. The van der Waals surface area contributed by atoms with Crippen LogP contribution in [0.5, 0.6) is 0 Å². The van der Waals surface area contributed by atoms with Crippen LogP contribution >= 0.6 is 11.6 Å². The van der Waals surface area contributed by atoms with Crippen molar-refractivity contribution in [2.45, 2.75) is 12.3 Å². The summed E-state index contributed by atoms with van der Waals surface area (Å²) in [6, 6.07) is 3.95. The van der Waals surface area contributed by atoms with Gasteiger partial charge in [0, 0.05) is 25.4 Å². The van der Waals surface area contributed by atoms with Gasteiger partial charge in [0.2, 0.25) is 0 Å². The predicted molar refractivity (Wildman–Crippen MR) is 70.2 cm³/mol. The highest BCUT2D eigenvalue weighted by atomic mass is 35.5. The van der Waals surface area contributed by atoms with E-state index in [0.717, 1.165) is 30.9 Å². The van der Waals surface area contributed by atoms with Gasteiger partial charge in [-0.25, -0.2) is 4.98 Å². The van der Waals surface area contributed by atoms with E-state index in [2.05, 4.69) is 35.9 Å². The first kappa shape index (κ1) is 13.3. The van der Waals surface area contributed by atoms with Gasteiger partial charge >= 0.3 is 0 Å². The van der Waals surface area contributed by atoms with Gasteiger partial charge in [-0.05, 0) is 33.1 Å². The van der Waals surface area contributed by atoms with E-state index in [1.54, 1.807) is 0 Å². The van der Waals surface area contributed by atoms with Crippen LogP contribution in [-0.4, -0.2) is 44.1 Å². The molecule has 3 nitrogen and oxygen atoms in total. The molecule has 0 radical (unpaired) electrons. The molecule has 0 bridgehead atoms. The Morgan fingerprint density at radius 1 is 1.25 bits per heavy atom. The van der Waals surface area contributed by atoms with E-state index in [1.165, 1.54) is 0 Å². The van der Waals surface area contributed by atoms with Crippen LogP contribution in [0, 0.1) is 0 Å². The molecule has 0 unspecified atom stereocenters. The fraction of sp³-hybridized carbons (Fsp3) is 0.583. The highest BCUT2D eigenvalue weighted by Crippen LogP contribution is 2.17. The number of nitrogens with zero attached hydrogens (tertiary/aromatic N) is 3. The van der Waals surface area contributed by atoms with Crippen molar-refractivity contribution in [3.8, 4) is 0 Å². The molecule has 0 spiro atoms. The Bertz CT molecular complexity index is 315. The first-order valence-electron chi connectivity index (χ1n) is 5.51. The van der Waals surface area contributed by atoms with E-state index in [1.807, 2.05) is 18.3 Å². The van der Waals surface area contributed by atoms with E-state index < -0.39 is 0 Å². The lowest BCUT2D eigenvalue weighted by atomic mass is 10.2. The van der Waals surface area contributed by atoms with Crippen molar-refractivity contribution in [1.82, 2.24) is 9.88 Å². The lowest BCUT2D eigenvalue weighted by Crippen LogP contribution is -2.24. The van der Waals surface area contributed by atoms with Crippen molar-refractivity contribution >= 4 is 17.4 Å². The zero-order valence-electron chi connectivity index (χ0n) is 10.3. The molecule has 16 heavy (non-hydrogen) atoms. The third kappa shape index (κ3) is 3.99. The van der Waals surface area contributed by atoms with Gasteiger partial charge in [0.15, 0.2) is 0 Å². The minimum Gasteiger partial charge on any atom is -0.359 e. The van der Waals surface area contributed by atoms with Crippen molar-refractivity contribution in [1.29, 1.82) is 0 Å². The average molecular weight is 242 g/mol. The molecule has 0 amide bonds. The molecule has 4 heteroatoms. The maximum absolute atomic E-state index is 5.89. The summed E-state index contributed by atoms with van der Waals surface area (Å²) in [5.74, 6) is 1.51. The Labute approximate surface area is 103 Å². The Kier molecular flexibility index (Phi) is 5.56. The zero-order valence-corrected chi connectivity index (χ0v) is 11.0. The van der Waals surface area contributed by atoms with E-state index >= 15 is 0 Å². The summed E-state index contributed by atoms with van der Waals surface area (Å²) in [6.07, 6.45) is 2.94. The summed E-state index contributed by atoms with van der Waals surface area (Å²) in [5, 5.41) is 0. The Balaban J connectivity index is 2.55. The quantitative estimate of drug-likeness (QED) is 0.712. The maximum Gasteiger partial charge on any atom is 0.132 e. The number of hydrogen-bond donors (Lipinski definition) is 0. The van der Waals surface area contributed by atoms with Gasteiger partial charge in [-0.15, -0.1) is 11.6 Å². The van der Waals surface area contributed by atoms with Crippen molar-refractivity contribution in [3.05, 3.63) is 23.9 Å². The van der Waals surface area contributed by atoms with Crippen LogP contribution in [-0.2, 0) is 5.88 Å². The fourth-order valence-electron chi connectivity index (χ4n) is 1.61. The van der Waals surface area contributed by atoms with Crippen LogP contribution in [0.4, 0.5) is 5.82 Å². The third-order valence-corrected chi connectivity index (χ3v) is 2.76. The molecule has 0 aliphatic carbocycles. The van der Waals surface area contributed by atoms with E-state index in [-0.39, 0.29) is 0 Å². The van der Waals surface area contributed by atoms with Gasteiger partial charge in [0.25, 0.3) is 0 Å². The molecule has 1 rings (SSSR count). The molecule has 1 heterocycles. The van der Waals surface area contributed by atoms with E-state index in [9.17, 15) is 0 Å². The SMILES string of the molecule is CN(C)CCCN(C)c1ncccc1CCl. The highest BCUT2D eigenvalue weighted by Gasteiger charge is 2.07. The second-order valence-corrected chi connectivity index (χ2v) is 4.47. The van der Waals surface area contributed by atoms with Gasteiger partial charge in [0.05, 0.1) is 5.88 Å². The van der Waals surface area contributed by atoms with Crippen molar-refractivity contribution in [3.63, 3.8) is 0 Å². The number of alkyl halides is 1. The molecule has 0 aliphatic rings. The molecule has 0 aliphatic heterocycles. The van der Waals surface area contributed by atoms with E-state index in [0.29, 0.717) is 5.88 Å². The van der Waals surface area contributed by atoms with Crippen molar-refractivity contribution in [2.24, 2.45) is 0 Å². The molecular formula is C12H20ClN3. The Morgan fingerprint density at radius 2 is 2.00 bits per heavy atom. The molecule has 0 saturated carbocycles. The Hall–Kier alpha value is -0.800. The third-order valence-electron chi connectivity index (χ3n) is 2.47. The minimum absolute atomic E-state index is 0.515. The summed E-state index contributed by atoms with van der Waals surface area (Å²) in [6.45, 7) is 2.09. The summed E-state index contributed by atoms with van der Waals surface area (Å²) in [7, 11) is 6.24. The van der Waals surface area contributed by atoms with Crippen LogP contribution < -0.4 is 4.90 Å². The second kappa shape index (κ2) is 6.71. The minimum atomic E-state index is 0.515. The molecule has 0 aromatic carbocycles. The van der Waals surface area contributed by atoms with Gasteiger partial charge in [-0.2, -0.15) is 0 Å². The molecular weight excluding hydrogens is 222 g/mol. The molecule has 0 saturated heterocycles. The van der Waals surface area contributed by atoms with Crippen molar-refractivity contribution in [2.75, 3.05) is 39.1 Å². The summed E-state index contributed by atoms with van der Waals surface area (Å²) in [4.78, 5) is 8.73. The standard InChI is InChI=1S/C12H20ClN3/c1-15(2)8-5-9-16(3)12-11(10-13)6-4-7-14-12/h4,6-7H,5,8-10H2,1-3H3. The summed E-state index contributed by atoms with van der Waals surface area (Å²) >= 11 is 5.89. The second-order valence-electron chi connectivity index (χ2n) is 4.20. The Morgan fingerprint density at radius 3 is 2.62 bits per heavy atom. The van der Waals surface area contributed by atoms with Crippen LogP contribution in [0.3, 0.4) is 0 Å². The van der Waals surface area contributed by atoms with Crippen molar-refractivity contribution < 1.29 is 0 Å². The van der Waals surface area contributed by atoms with Crippen LogP contribution in [0.25, 0.3) is 0 Å². The fourth-order valence-corrected chi connectivity index (χ4v) is 1.82. The lowest BCUT2D eigenvalue weighted by molar-refractivity contribution is 0.401. The van der Waals surface area contributed by atoms with Gasteiger partial charge in [-0.3, -0.25) is 0 Å². The lowest BCUT2D eigenvalue weighted by Gasteiger charge is -2.21. The average Bonchev–Trinajstić information content (AvgIpc) is 2.28. The normalized spacial score (nSPS) is 10.8. The number of aromatic nitrogens is 1. The van der Waals surface area contributed by atoms with Gasteiger partial charge in [-0.1, -0.05) is 6.07 Å². The predicted octanol–water partition coefficient (Wildman–Crippen LogP) is 2.21. The number of hydrogen-bond acceptors (Lipinski definition) is 3. The number of halogens is 1. The maximum atomic E-state index is 5.89. The summed E-state index contributed by atoms with van der Waals surface area (Å²) < 4.78 is 0. The highest BCUT2D eigenvalue weighted by molar-refractivity contribution is 6.17. The molecule has 0 N–H and O–H groups in total. The van der Waals surface area contributed by atoms with Crippen LogP contribution in [0.1, 0.15) is 12.0 Å². The number of anilines is 1. The van der Waals surface area contributed by atoms with Crippen LogP contribution in [0.2, 0.25) is 0 Å². The monoisotopic (exact) mass is 241 g/mol. The largest absolute Gasteiger partial charge is 0.359 e. The first-order valence-corrected chi connectivity index (χ1v) is 6.04. The molecule has 0 atom stereocenters. The topological polar surface area (TPSA) is 19.4 Å². The van der Waals surface area contributed by atoms with E-state index in [4.69, 9.17) is 11.6 Å².